The molecule has 0 fully saturated rings. The molecule has 0 N–H and O–H groups in total. The first kappa shape index (κ1) is 16.9. The molecule has 2 rings (SSSR count). The van der Waals surface area contributed by atoms with Gasteiger partial charge in [0.05, 0.1) is 0 Å². The van der Waals surface area contributed by atoms with Crippen molar-refractivity contribution in [3.8, 4) is 16.9 Å². The Balaban J connectivity index is 2.20. The Hall–Kier alpha value is -1.41. The highest BCUT2D eigenvalue weighted by molar-refractivity contribution is 6.71. The molecule has 0 atom stereocenters. The largest absolute Gasteiger partial charge is 0.602 e. The topological polar surface area (TPSA) is 9.23 Å². The van der Waals surface area contributed by atoms with Crippen LogP contribution in [0.3, 0.4) is 0 Å². The Kier molecular flexibility index (Phi) is 5.22. The molecule has 0 unspecified atom stereocenters. The van der Waals surface area contributed by atoms with Crippen molar-refractivity contribution in [2.45, 2.75) is 59.2 Å². The van der Waals surface area contributed by atoms with Crippen molar-refractivity contribution >= 4 is 8.32 Å². The van der Waals surface area contributed by atoms with Crippen LogP contribution in [0, 0.1) is 20.8 Å². The number of aryl methyl sites for hydroxylation is 2. The van der Waals surface area contributed by atoms with E-state index in [0.29, 0.717) is 0 Å². The fourth-order valence-corrected chi connectivity index (χ4v) is 5.23. The number of hydrogen-bond acceptors (Lipinski definition) is 1. The number of rotatable bonds is 7. The molecule has 0 saturated carbocycles. The standard InChI is InChI=1S/C20H29OSi/c1-7-8-9-10-11-22(5,6)21-20-16(3)14-18-12-15(2)13-19(18)17(20)4/h7,12-14H,1,8-11H2,2-6H3/q-1. The maximum absolute atomic E-state index is 6.57. The Morgan fingerprint density at radius 3 is 2.55 bits per heavy atom. The highest BCUT2D eigenvalue weighted by Crippen LogP contribution is 2.39. The van der Waals surface area contributed by atoms with Crippen LogP contribution in [0.2, 0.25) is 19.1 Å². The Labute approximate surface area is 136 Å². The summed E-state index contributed by atoms with van der Waals surface area (Å²) >= 11 is 0. The molecule has 120 valence electrons. The summed E-state index contributed by atoms with van der Waals surface area (Å²) in [6.45, 7) is 15.0. The van der Waals surface area contributed by atoms with Crippen LogP contribution in [0.25, 0.3) is 11.1 Å². The Bertz CT molecular complexity index is 621. The predicted molar refractivity (Wildman–Crippen MR) is 99.8 cm³/mol. The summed E-state index contributed by atoms with van der Waals surface area (Å²) in [5.41, 5.74) is 6.58. The van der Waals surface area contributed by atoms with E-state index in [1.807, 2.05) is 6.08 Å². The summed E-state index contributed by atoms with van der Waals surface area (Å²) in [7, 11) is -1.67. The van der Waals surface area contributed by atoms with Crippen LogP contribution in [0.5, 0.6) is 5.75 Å². The van der Waals surface area contributed by atoms with E-state index in [2.05, 4.69) is 58.6 Å². The van der Waals surface area contributed by atoms with Gasteiger partial charge in [0.15, 0.2) is 0 Å². The second-order valence-electron chi connectivity index (χ2n) is 7.08. The second kappa shape index (κ2) is 6.78. The van der Waals surface area contributed by atoms with E-state index in [-0.39, 0.29) is 0 Å². The average molecular weight is 314 g/mol. The fraction of sp³-hybridized carbons (Fsp3) is 0.450. The molecule has 2 aliphatic rings. The van der Waals surface area contributed by atoms with Crippen molar-refractivity contribution in [3.63, 3.8) is 0 Å². The van der Waals surface area contributed by atoms with Crippen LogP contribution in [0.1, 0.15) is 36.0 Å². The summed E-state index contributed by atoms with van der Waals surface area (Å²) in [5.74, 6) is 1.12. The van der Waals surface area contributed by atoms with Gasteiger partial charge in [-0.25, -0.2) is 0 Å². The smallest absolute Gasteiger partial charge is 0.228 e. The van der Waals surface area contributed by atoms with Crippen LogP contribution in [0.4, 0.5) is 0 Å². The summed E-state index contributed by atoms with van der Waals surface area (Å²) < 4.78 is 6.57. The van der Waals surface area contributed by atoms with Crippen LogP contribution < -0.4 is 4.43 Å². The van der Waals surface area contributed by atoms with Gasteiger partial charge in [-0.3, -0.25) is 0 Å². The van der Waals surface area contributed by atoms with Crippen LogP contribution in [-0.4, -0.2) is 8.32 Å². The molecule has 0 heterocycles. The second-order valence-corrected chi connectivity index (χ2v) is 11.3. The molecule has 0 aromatic heterocycles. The number of allylic oxidation sites excluding steroid dienone is 1. The third-order valence-corrected chi connectivity index (χ3v) is 6.67. The van der Waals surface area contributed by atoms with Crippen molar-refractivity contribution < 1.29 is 4.43 Å². The highest BCUT2D eigenvalue weighted by atomic mass is 28.4. The van der Waals surface area contributed by atoms with Gasteiger partial charge in [-0.05, 0) is 44.7 Å². The van der Waals surface area contributed by atoms with Crippen LogP contribution in [0.15, 0.2) is 30.9 Å². The van der Waals surface area contributed by atoms with Crippen molar-refractivity contribution in [2.75, 3.05) is 0 Å². The van der Waals surface area contributed by atoms with Gasteiger partial charge < -0.3 is 4.43 Å². The molecule has 1 nitrogen and oxygen atoms in total. The van der Waals surface area contributed by atoms with Gasteiger partial charge in [0.1, 0.15) is 0 Å². The highest BCUT2D eigenvalue weighted by Gasteiger charge is 2.23. The zero-order valence-corrected chi connectivity index (χ0v) is 15.8. The maximum atomic E-state index is 6.57. The quantitative estimate of drug-likeness (QED) is 0.249. The minimum absolute atomic E-state index is 1.11. The summed E-state index contributed by atoms with van der Waals surface area (Å²) in [4.78, 5) is 0. The van der Waals surface area contributed by atoms with Gasteiger partial charge in [0.2, 0.25) is 8.32 Å². The maximum Gasteiger partial charge on any atom is 0.228 e. The van der Waals surface area contributed by atoms with E-state index >= 15 is 0 Å². The predicted octanol–water partition coefficient (Wildman–Crippen LogP) is 6.38. The molecule has 0 spiro atoms. The minimum atomic E-state index is -1.67. The lowest BCUT2D eigenvalue weighted by Gasteiger charge is -2.33. The Morgan fingerprint density at radius 2 is 1.86 bits per heavy atom. The average Bonchev–Trinajstić information content (AvgIpc) is 2.80. The summed E-state index contributed by atoms with van der Waals surface area (Å²) in [6.07, 6.45) is 5.58. The van der Waals surface area contributed by atoms with Crippen LogP contribution in [-0.2, 0) is 0 Å². The number of benzene rings is 1. The molecular formula is C20H29OSi-. The lowest BCUT2D eigenvalue weighted by molar-refractivity contribution is 0.533. The van der Waals surface area contributed by atoms with E-state index < -0.39 is 8.32 Å². The van der Waals surface area contributed by atoms with Gasteiger partial charge in [-0.2, -0.15) is 6.07 Å². The first-order valence-electron chi connectivity index (χ1n) is 8.31. The number of fused-ring (bicyclic) bond motifs is 1. The number of hydrogen-bond donors (Lipinski definition) is 0. The van der Waals surface area contributed by atoms with E-state index in [9.17, 15) is 0 Å². The molecule has 0 aliphatic heterocycles. The van der Waals surface area contributed by atoms with Gasteiger partial charge in [-0.1, -0.05) is 38.0 Å². The van der Waals surface area contributed by atoms with Crippen molar-refractivity contribution in [1.29, 1.82) is 0 Å². The normalized spacial score (nSPS) is 11.9. The molecule has 0 saturated heterocycles. The first-order valence-corrected chi connectivity index (χ1v) is 11.4. The fourth-order valence-electron chi connectivity index (χ4n) is 3.16. The minimum Gasteiger partial charge on any atom is -0.602 e. The third kappa shape index (κ3) is 3.86. The zero-order valence-electron chi connectivity index (χ0n) is 14.8. The van der Waals surface area contributed by atoms with Crippen molar-refractivity contribution in [2.24, 2.45) is 0 Å². The number of unbranched alkanes of at least 4 members (excludes halogenated alkanes) is 2. The molecule has 0 aromatic carbocycles. The molecule has 0 bridgehead atoms. The lowest BCUT2D eigenvalue weighted by Crippen LogP contribution is -2.34. The molecule has 2 aliphatic carbocycles. The van der Waals surface area contributed by atoms with Crippen molar-refractivity contribution in [1.82, 2.24) is 0 Å². The van der Waals surface area contributed by atoms with E-state index in [1.54, 1.807) is 0 Å². The molecule has 0 aromatic rings. The van der Waals surface area contributed by atoms with Crippen molar-refractivity contribution in [3.05, 3.63) is 47.5 Å². The third-order valence-electron chi connectivity index (χ3n) is 4.36. The van der Waals surface area contributed by atoms with Gasteiger partial charge in [0.25, 0.3) is 0 Å². The van der Waals surface area contributed by atoms with E-state index in [0.717, 1.165) is 12.2 Å². The zero-order chi connectivity index (χ0) is 16.3. The first-order chi connectivity index (χ1) is 10.3. The molecular weight excluding hydrogens is 284 g/mol. The molecule has 2 heteroatoms. The molecule has 0 amide bonds. The van der Waals surface area contributed by atoms with E-state index in [4.69, 9.17) is 4.43 Å². The van der Waals surface area contributed by atoms with Gasteiger partial charge >= 0.3 is 0 Å². The Morgan fingerprint density at radius 1 is 1.14 bits per heavy atom. The van der Waals surface area contributed by atoms with Gasteiger partial charge in [-0.15, -0.1) is 34.9 Å². The summed E-state index contributed by atoms with van der Waals surface area (Å²) in [6, 6.07) is 8.01. The molecule has 22 heavy (non-hydrogen) atoms. The lowest BCUT2D eigenvalue weighted by atomic mass is 9.99. The van der Waals surface area contributed by atoms with Crippen LogP contribution >= 0.6 is 0 Å². The van der Waals surface area contributed by atoms with Gasteiger partial charge in [0, 0.05) is 0 Å². The monoisotopic (exact) mass is 313 g/mol. The summed E-state index contributed by atoms with van der Waals surface area (Å²) in [5, 5.41) is 0. The van der Waals surface area contributed by atoms with E-state index in [1.165, 1.54) is 46.7 Å². The SMILES string of the molecule is C=CCCCC[Si](C)(C)O[c-]1c(C)cc2cc(C)cc-2c1C. The molecule has 0 radical (unpaired) electrons.